The third-order valence-corrected chi connectivity index (χ3v) is 2.45. The largest absolute Gasteiger partial charge is 0.506 e. The number of nitrogens with zero attached hydrogens (tertiary/aromatic N) is 1. The molecule has 0 spiro atoms. The van der Waals surface area contributed by atoms with Crippen LogP contribution in [0.3, 0.4) is 0 Å². The predicted molar refractivity (Wildman–Crippen MR) is 58.2 cm³/mol. The van der Waals surface area contributed by atoms with Crippen molar-refractivity contribution in [3.63, 3.8) is 0 Å². The normalized spacial score (nSPS) is 9.87. The molecule has 0 atom stereocenters. The number of aromatic nitrogens is 1. The van der Waals surface area contributed by atoms with Crippen molar-refractivity contribution in [2.75, 3.05) is 5.32 Å². The van der Waals surface area contributed by atoms with Gasteiger partial charge >= 0.3 is 0 Å². The van der Waals surface area contributed by atoms with Gasteiger partial charge in [0.1, 0.15) is 5.75 Å². The van der Waals surface area contributed by atoms with Gasteiger partial charge in [0.25, 0.3) is 5.91 Å². The van der Waals surface area contributed by atoms with Gasteiger partial charge in [-0.15, -0.1) is 0 Å². The molecule has 0 aliphatic heterocycles. The van der Waals surface area contributed by atoms with Crippen LogP contribution in [0.1, 0.15) is 10.4 Å². The van der Waals surface area contributed by atoms with Crippen LogP contribution in [-0.4, -0.2) is 16.0 Å². The second-order valence-corrected chi connectivity index (χ2v) is 3.68. The standard InChI is InChI=1S/C10H8N2O2S/c13-9-3-7(4-11-5-9)10(14)12-8-1-2-15-6-8/h1-6,13H,(H,12,14). The van der Waals surface area contributed by atoms with Crippen molar-refractivity contribution in [3.05, 3.63) is 40.8 Å². The van der Waals surface area contributed by atoms with E-state index < -0.39 is 0 Å². The molecule has 0 radical (unpaired) electrons. The van der Waals surface area contributed by atoms with Gasteiger partial charge in [-0.3, -0.25) is 9.78 Å². The Morgan fingerprint density at radius 1 is 1.47 bits per heavy atom. The first-order valence-electron chi connectivity index (χ1n) is 4.23. The van der Waals surface area contributed by atoms with Crippen molar-refractivity contribution in [3.8, 4) is 5.75 Å². The van der Waals surface area contributed by atoms with Gasteiger partial charge in [0.2, 0.25) is 0 Å². The first-order chi connectivity index (χ1) is 7.25. The number of aromatic hydroxyl groups is 1. The molecule has 5 heteroatoms. The van der Waals surface area contributed by atoms with Gasteiger partial charge in [-0.25, -0.2) is 0 Å². The zero-order valence-corrected chi connectivity index (χ0v) is 8.49. The van der Waals surface area contributed by atoms with E-state index in [9.17, 15) is 4.79 Å². The molecular weight excluding hydrogens is 212 g/mol. The summed E-state index contributed by atoms with van der Waals surface area (Å²) in [4.78, 5) is 15.3. The SMILES string of the molecule is O=C(Nc1ccsc1)c1cncc(O)c1. The maximum atomic E-state index is 11.6. The molecule has 0 aliphatic rings. The third-order valence-electron chi connectivity index (χ3n) is 1.77. The van der Waals surface area contributed by atoms with Crippen LogP contribution in [0.5, 0.6) is 5.75 Å². The lowest BCUT2D eigenvalue weighted by Gasteiger charge is -2.02. The van der Waals surface area contributed by atoms with Crippen LogP contribution in [0.2, 0.25) is 0 Å². The van der Waals surface area contributed by atoms with Gasteiger partial charge in [-0.2, -0.15) is 11.3 Å². The first kappa shape index (κ1) is 9.67. The van der Waals surface area contributed by atoms with Crippen molar-refractivity contribution in [1.82, 2.24) is 4.98 Å². The Kier molecular flexibility index (Phi) is 2.64. The number of thiophene rings is 1. The van der Waals surface area contributed by atoms with E-state index in [1.165, 1.54) is 29.8 Å². The lowest BCUT2D eigenvalue weighted by atomic mass is 10.2. The van der Waals surface area contributed by atoms with Crippen LogP contribution < -0.4 is 5.32 Å². The molecule has 2 rings (SSSR count). The van der Waals surface area contributed by atoms with Crippen molar-refractivity contribution >= 4 is 22.9 Å². The summed E-state index contributed by atoms with van der Waals surface area (Å²) in [5, 5.41) is 15.5. The highest BCUT2D eigenvalue weighted by atomic mass is 32.1. The number of pyridine rings is 1. The predicted octanol–water partition coefficient (Wildman–Crippen LogP) is 2.10. The highest BCUT2D eigenvalue weighted by molar-refractivity contribution is 7.08. The molecular formula is C10H8N2O2S. The Balaban J connectivity index is 2.15. The molecule has 15 heavy (non-hydrogen) atoms. The molecule has 2 aromatic heterocycles. The van der Waals surface area contributed by atoms with Crippen LogP contribution in [0, 0.1) is 0 Å². The van der Waals surface area contributed by atoms with E-state index in [1.807, 2.05) is 10.8 Å². The van der Waals surface area contributed by atoms with Gasteiger partial charge in [-0.05, 0) is 17.5 Å². The fourth-order valence-corrected chi connectivity index (χ4v) is 1.68. The minimum absolute atomic E-state index is 0.0204. The van der Waals surface area contributed by atoms with Crippen LogP contribution in [-0.2, 0) is 0 Å². The smallest absolute Gasteiger partial charge is 0.257 e. The fraction of sp³-hybridized carbons (Fsp3) is 0. The van der Waals surface area contributed by atoms with Gasteiger partial charge in [0.05, 0.1) is 17.4 Å². The number of carbonyl (C=O) groups excluding carboxylic acids is 1. The van der Waals surface area contributed by atoms with E-state index in [1.54, 1.807) is 6.07 Å². The Hall–Kier alpha value is -1.88. The van der Waals surface area contributed by atoms with E-state index in [-0.39, 0.29) is 11.7 Å². The summed E-state index contributed by atoms with van der Waals surface area (Å²) in [6.07, 6.45) is 2.68. The molecule has 4 nitrogen and oxygen atoms in total. The summed E-state index contributed by atoms with van der Waals surface area (Å²) in [5.74, 6) is -0.301. The monoisotopic (exact) mass is 220 g/mol. The summed E-state index contributed by atoms with van der Waals surface area (Å²) in [5.41, 5.74) is 1.08. The van der Waals surface area contributed by atoms with Crippen molar-refractivity contribution < 1.29 is 9.90 Å². The van der Waals surface area contributed by atoms with Gasteiger partial charge in [-0.1, -0.05) is 0 Å². The van der Waals surface area contributed by atoms with Crippen LogP contribution >= 0.6 is 11.3 Å². The number of anilines is 1. The zero-order valence-electron chi connectivity index (χ0n) is 7.68. The number of rotatable bonds is 2. The Morgan fingerprint density at radius 3 is 3.00 bits per heavy atom. The highest BCUT2D eigenvalue weighted by Gasteiger charge is 2.06. The van der Waals surface area contributed by atoms with Crippen molar-refractivity contribution in [2.45, 2.75) is 0 Å². The summed E-state index contributed by atoms with van der Waals surface area (Å²) < 4.78 is 0. The van der Waals surface area contributed by atoms with Crippen LogP contribution in [0.15, 0.2) is 35.3 Å². The molecule has 2 aromatic rings. The van der Waals surface area contributed by atoms with E-state index >= 15 is 0 Å². The minimum Gasteiger partial charge on any atom is -0.506 e. The molecule has 0 aromatic carbocycles. The van der Waals surface area contributed by atoms with Crippen molar-refractivity contribution in [1.29, 1.82) is 0 Å². The second-order valence-electron chi connectivity index (χ2n) is 2.90. The number of hydrogen-bond acceptors (Lipinski definition) is 4. The molecule has 76 valence electrons. The highest BCUT2D eigenvalue weighted by Crippen LogP contribution is 2.14. The summed E-state index contributed by atoms with van der Waals surface area (Å²) in [7, 11) is 0. The molecule has 0 saturated heterocycles. The van der Waals surface area contributed by atoms with E-state index in [0.717, 1.165) is 5.69 Å². The fourth-order valence-electron chi connectivity index (χ4n) is 1.09. The van der Waals surface area contributed by atoms with Gasteiger partial charge in [0, 0.05) is 11.6 Å². The van der Waals surface area contributed by atoms with Crippen molar-refractivity contribution in [2.24, 2.45) is 0 Å². The number of nitrogens with one attached hydrogen (secondary N) is 1. The molecule has 0 aliphatic carbocycles. The molecule has 0 bridgehead atoms. The Bertz CT molecular complexity index is 468. The van der Waals surface area contributed by atoms with E-state index in [2.05, 4.69) is 10.3 Å². The molecule has 0 fully saturated rings. The zero-order chi connectivity index (χ0) is 10.7. The Labute approximate surface area is 90.2 Å². The molecule has 0 unspecified atom stereocenters. The summed E-state index contributed by atoms with van der Waals surface area (Å²) in [6, 6.07) is 3.17. The average molecular weight is 220 g/mol. The third kappa shape index (κ3) is 2.32. The number of hydrogen-bond donors (Lipinski definition) is 2. The summed E-state index contributed by atoms with van der Waals surface area (Å²) in [6.45, 7) is 0. The van der Waals surface area contributed by atoms with Crippen LogP contribution in [0.25, 0.3) is 0 Å². The Morgan fingerprint density at radius 2 is 2.33 bits per heavy atom. The molecule has 2 N–H and O–H groups in total. The second kappa shape index (κ2) is 4.10. The summed E-state index contributed by atoms with van der Waals surface area (Å²) >= 11 is 1.50. The van der Waals surface area contributed by atoms with Gasteiger partial charge in [0.15, 0.2) is 0 Å². The first-order valence-corrected chi connectivity index (χ1v) is 5.17. The van der Waals surface area contributed by atoms with Crippen LogP contribution in [0.4, 0.5) is 5.69 Å². The van der Waals surface area contributed by atoms with E-state index in [4.69, 9.17) is 5.11 Å². The lowest BCUT2D eigenvalue weighted by Crippen LogP contribution is -2.11. The topological polar surface area (TPSA) is 62.2 Å². The molecule has 1 amide bonds. The number of carbonyl (C=O) groups is 1. The van der Waals surface area contributed by atoms with E-state index in [0.29, 0.717) is 5.56 Å². The maximum absolute atomic E-state index is 11.6. The molecule has 2 heterocycles. The minimum atomic E-state index is -0.281. The quantitative estimate of drug-likeness (QED) is 0.814. The number of amides is 1. The lowest BCUT2D eigenvalue weighted by molar-refractivity contribution is 0.102. The average Bonchev–Trinajstić information content (AvgIpc) is 2.70. The molecule has 0 saturated carbocycles. The van der Waals surface area contributed by atoms with Gasteiger partial charge < -0.3 is 10.4 Å². The maximum Gasteiger partial charge on any atom is 0.257 e.